The summed E-state index contributed by atoms with van der Waals surface area (Å²) in [7, 11) is 0. The number of likely N-dealkylation sites (tertiary alicyclic amines) is 1. The molecule has 1 fully saturated rings. The molecule has 1 aliphatic heterocycles. The van der Waals surface area contributed by atoms with Gasteiger partial charge in [-0.15, -0.1) is 15.3 Å². The first-order valence-electron chi connectivity index (χ1n) is 10.1. The monoisotopic (exact) mass is 387 g/mol. The Balaban J connectivity index is 1.51. The highest BCUT2D eigenvalue weighted by Gasteiger charge is 2.19. The van der Waals surface area contributed by atoms with Crippen molar-refractivity contribution >= 4 is 23.3 Å². The summed E-state index contributed by atoms with van der Waals surface area (Å²) in [5.41, 5.74) is 0.658. The number of hydrogen-bond acceptors (Lipinski definition) is 6. The van der Waals surface area contributed by atoms with Gasteiger partial charge in [-0.05, 0) is 38.3 Å². The molecule has 9 nitrogen and oxygen atoms in total. The number of carbonyl (C=O) groups excluding carboxylic acids is 2. The van der Waals surface area contributed by atoms with E-state index in [0.29, 0.717) is 30.7 Å². The Bertz CT molecular complexity index is 820. The zero-order valence-electron chi connectivity index (χ0n) is 16.6. The molecular weight excluding hydrogens is 358 g/mol. The first-order valence-corrected chi connectivity index (χ1v) is 10.1. The van der Waals surface area contributed by atoms with Gasteiger partial charge in [0, 0.05) is 44.9 Å². The molecule has 3 heterocycles. The Kier molecular flexibility index (Phi) is 6.78. The van der Waals surface area contributed by atoms with Crippen LogP contribution in [0.15, 0.2) is 12.1 Å². The second-order valence-corrected chi connectivity index (χ2v) is 7.25. The van der Waals surface area contributed by atoms with Crippen LogP contribution in [0, 0.1) is 0 Å². The molecule has 1 saturated heterocycles. The highest BCUT2D eigenvalue weighted by Crippen LogP contribution is 2.11. The predicted octanol–water partition coefficient (Wildman–Crippen LogP) is 1.40. The Hall–Kier alpha value is -2.71. The van der Waals surface area contributed by atoms with E-state index in [1.54, 1.807) is 4.52 Å². The van der Waals surface area contributed by atoms with Crippen molar-refractivity contribution in [2.45, 2.75) is 58.4 Å². The quantitative estimate of drug-likeness (QED) is 0.597. The average Bonchev–Trinajstić information content (AvgIpc) is 3.29. The van der Waals surface area contributed by atoms with E-state index in [-0.39, 0.29) is 17.9 Å². The van der Waals surface area contributed by atoms with Crippen molar-refractivity contribution in [3.05, 3.63) is 18.0 Å². The second-order valence-electron chi connectivity index (χ2n) is 7.25. The van der Waals surface area contributed by atoms with Crippen LogP contribution in [0.25, 0.3) is 5.65 Å². The van der Waals surface area contributed by atoms with Crippen molar-refractivity contribution in [1.29, 1.82) is 0 Å². The van der Waals surface area contributed by atoms with Gasteiger partial charge in [0.2, 0.25) is 11.8 Å². The van der Waals surface area contributed by atoms with Crippen molar-refractivity contribution in [1.82, 2.24) is 30.0 Å². The van der Waals surface area contributed by atoms with Gasteiger partial charge < -0.3 is 15.5 Å². The molecule has 9 heteroatoms. The number of amides is 2. The fourth-order valence-electron chi connectivity index (χ4n) is 3.18. The molecule has 0 spiro atoms. The number of aryl methyl sites for hydroxylation is 1. The largest absolute Gasteiger partial charge is 0.369 e. The Morgan fingerprint density at radius 3 is 2.93 bits per heavy atom. The summed E-state index contributed by atoms with van der Waals surface area (Å²) in [5, 5.41) is 19.1. The zero-order valence-corrected chi connectivity index (χ0v) is 16.6. The standard InChI is InChI=1S/C19H29N7O2/c1-3-14(2)21-18(27)10-9-17-23-22-16-8-7-15(24-26(16)17)20-11-5-13-25-12-4-6-19(25)28/h7-8,14H,3-6,9-13H2,1-2H3,(H,20,24)(H,21,27)/t14-/m1/s1. The lowest BCUT2D eigenvalue weighted by atomic mass is 10.2. The molecule has 2 aromatic rings. The van der Waals surface area contributed by atoms with E-state index in [1.807, 2.05) is 30.9 Å². The van der Waals surface area contributed by atoms with Crippen molar-refractivity contribution < 1.29 is 9.59 Å². The van der Waals surface area contributed by atoms with Gasteiger partial charge in [-0.1, -0.05) is 6.92 Å². The van der Waals surface area contributed by atoms with Crippen LogP contribution in [-0.4, -0.2) is 62.2 Å². The van der Waals surface area contributed by atoms with Gasteiger partial charge in [-0.25, -0.2) is 0 Å². The molecule has 0 aromatic carbocycles. The fraction of sp³-hybridized carbons (Fsp3) is 0.632. The molecule has 3 rings (SSSR count). The van der Waals surface area contributed by atoms with E-state index in [2.05, 4.69) is 25.9 Å². The summed E-state index contributed by atoms with van der Waals surface area (Å²) in [6, 6.07) is 3.90. The van der Waals surface area contributed by atoms with E-state index in [4.69, 9.17) is 0 Å². The van der Waals surface area contributed by atoms with E-state index in [9.17, 15) is 9.59 Å². The number of nitrogens with zero attached hydrogens (tertiary/aromatic N) is 5. The van der Waals surface area contributed by atoms with Crippen LogP contribution in [-0.2, 0) is 16.0 Å². The number of nitrogens with one attached hydrogen (secondary N) is 2. The Morgan fingerprint density at radius 2 is 2.18 bits per heavy atom. The minimum atomic E-state index is 0.0110. The van der Waals surface area contributed by atoms with Gasteiger partial charge in [0.1, 0.15) is 5.82 Å². The van der Waals surface area contributed by atoms with Gasteiger partial charge >= 0.3 is 0 Å². The summed E-state index contributed by atoms with van der Waals surface area (Å²) in [6.45, 7) is 6.41. The molecular formula is C19H29N7O2. The third-order valence-corrected chi connectivity index (χ3v) is 5.01. The number of rotatable bonds is 10. The SMILES string of the molecule is CC[C@@H](C)NC(=O)CCc1nnc2ccc(NCCCN3CCCC3=O)nn12. The van der Waals surface area contributed by atoms with Gasteiger partial charge in [0.15, 0.2) is 11.5 Å². The van der Waals surface area contributed by atoms with Crippen molar-refractivity contribution in [2.75, 3.05) is 25.0 Å². The average molecular weight is 387 g/mol. The van der Waals surface area contributed by atoms with Gasteiger partial charge in [0.25, 0.3) is 0 Å². The number of aromatic nitrogens is 4. The fourth-order valence-corrected chi connectivity index (χ4v) is 3.18. The lowest BCUT2D eigenvalue weighted by Crippen LogP contribution is -2.32. The van der Waals surface area contributed by atoms with E-state index < -0.39 is 0 Å². The third-order valence-electron chi connectivity index (χ3n) is 5.01. The number of hydrogen-bond donors (Lipinski definition) is 2. The smallest absolute Gasteiger partial charge is 0.222 e. The van der Waals surface area contributed by atoms with Crippen molar-refractivity contribution in [3.63, 3.8) is 0 Å². The van der Waals surface area contributed by atoms with E-state index in [0.717, 1.165) is 44.7 Å². The van der Waals surface area contributed by atoms with Crippen LogP contribution >= 0.6 is 0 Å². The predicted molar refractivity (Wildman–Crippen MR) is 106 cm³/mol. The highest BCUT2D eigenvalue weighted by molar-refractivity contribution is 5.78. The lowest BCUT2D eigenvalue weighted by molar-refractivity contribution is -0.127. The van der Waals surface area contributed by atoms with Crippen LogP contribution in [0.4, 0.5) is 5.82 Å². The number of carbonyl (C=O) groups is 2. The molecule has 0 saturated carbocycles. The topological polar surface area (TPSA) is 105 Å². The highest BCUT2D eigenvalue weighted by atomic mass is 16.2. The molecule has 2 amide bonds. The molecule has 0 unspecified atom stereocenters. The van der Waals surface area contributed by atoms with Gasteiger partial charge in [-0.3, -0.25) is 9.59 Å². The maximum atomic E-state index is 12.0. The zero-order chi connectivity index (χ0) is 19.9. The van der Waals surface area contributed by atoms with E-state index in [1.165, 1.54) is 0 Å². The Labute approximate surface area is 164 Å². The molecule has 2 N–H and O–H groups in total. The molecule has 2 aromatic heterocycles. The lowest BCUT2D eigenvalue weighted by Gasteiger charge is -2.15. The van der Waals surface area contributed by atoms with Crippen LogP contribution in [0.5, 0.6) is 0 Å². The van der Waals surface area contributed by atoms with Gasteiger partial charge in [0.05, 0.1) is 0 Å². The van der Waals surface area contributed by atoms with Gasteiger partial charge in [-0.2, -0.15) is 4.52 Å². The molecule has 1 aliphatic rings. The second kappa shape index (κ2) is 9.48. The van der Waals surface area contributed by atoms with Crippen LogP contribution in [0.2, 0.25) is 0 Å². The van der Waals surface area contributed by atoms with Crippen LogP contribution in [0.3, 0.4) is 0 Å². The minimum absolute atomic E-state index is 0.0110. The van der Waals surface area contributed by atoms with Crippen LogP contribution < -0.4 is 10.6 Å². The molecule has 0 aliphatic carbocycles. The molecule has 0 radical (unpaired) electrons. The normalized spacial score (nSPS) is 15.2. The maximum absolute atomic E-state index is 12.0. The summed E-state index contributed by atoms with van der Waals surface area (Å²) in [5.74, 6) is 1.66. The summed E-state index contributed by atoms with van der Waals surface area (Å²) in [4.78, 5) is 25.5. The first kappa shape index (κ1) is 20.0. The Morgan fingerprint density at radius 1 is 1.32 bits per heavy atom. The number of anilines is 1. The molecule has 152 valence electrons. The third kappa shape index (κ3) is 5.17. The minimum Gasteiger partial charge on any atom is -0.369 e. The van der Waals surface area contributed by atoms with Crippen molar-refractivity contribution in [2.24, 2.45) is 0 Å². The number of fused-ring (bicyclic) bond motifs is 1. The molecule has 1 atom stereocenters. The van der Waals surface area contributed by atoms with E-state index >= 15 is 0 Å². The summed E-state index contributed by atoms with van der Waals surface area (Å²) in [6.07, 6.45) is 4.26. The maximum Gasteiger partial charge on any atom is 0.222 e. The summed E-state index contributed by atoms with van der Waals surface area (Å²) < 4.78 is 1.68. The van der Waals surface area contributed by atoms with Crippen LogP contribution in [0.1, 0.15) is 51.8 Å². The van der Waals surface area contributed by atoms with Crippen molar-refractivity contribution in [3.8, 4) is 0 Å². The first-order chi connectivity index (χ1) is 13.6. The summed E-state index contributed by atoms with van der Waals surface area (Å²) >= 11 is 0. The molecule has 28 heavy (non-hydrogen) atoms. The molecule has 0 bridgehead atoms.